The van der Waals surface area contributed by atoms with Gasteiger partial charge in [0.15, 0.2) is 14.1 Å². The third kappa shape index (κ3) is 7.44. The average molecular weight is 369 g/mol. The summed E-state index contributed by atoms with van der Waals surface area (Å²) in [6.07, 6.45) is 9.40. The van der Waals surface area contributed by atoms with Crippen LogP contribution in [-0.2, 0) is 18.8 Å². The van der Waals surface area contributed by atoms with Crippen molar-refractivity contribution >= 4 is 20.1 Å². The van der Waals surface area contributed by atoms with Gasteiger partial charge in [0.2, 0.25) is 0 Å². The summed E-state index contributed by atoms with van der Waals surface area (Å²) in [6.45, 7) is 13.3. The lowest BCUT2D eigenvalue weighted by Gasteiger charge is -2.39. The molecular formula is C20H36O4Si. The molecule has 0 radical (unpaired) electrons. The highest BCUT2D eigenvalue weighted by Gasteiger charge is 2.38. The molecule has 0 saturated carbocycles. The number of rotatable bonds is 2. The Balaban J connectivity index is 2.81. The van der Waals surface area contributed by atoms with Crippen LogP contribution in [0.15, 0.2) is 12.2 Å². The second kappa shape index (κ2) is 9.67. The van der Waals surface area contributed by atoms with Gasteiger partial charge in [0.25, 0.3) is 0 Å². The molecule has 1 heterocycles. The number of ether oxygens (including phenoxy) is 1. The summed E-state index contributed by atoms with van der Waals surface area (Å²) >= 11 is 0. The van der Waals surface area contributed by atoms with E-state index >= 15 is 0 Å². The molecule has 1 aliphatic rings. The van der Waals surface area contributed by atoms with Crippen molar-refractivity contribution in [1.29, 1.82) is 0 Å². The highest BCUT2D eigenvalue weighted by Crippen LogP contribution is 2.38. The zero-order valence-electron chi connectivity index (χ0n) is 16.9. The summed E-state index contributed by atoms with van der Waals surface area (Å²) in [5.41, 5.74) is 0. The molecule has 0 saturated heterocycles. The zero-order valence-corrected chi connectivity index (χ0v) is 17.9. The number of carbonyl (C=O) groups is 2. The average Bonchev–Trinajstić information content (AvgIpc) is 2.50. The minimum Gasteiger partial charge on any atom is -0.465 e. The molecule has 1 aliphatic heterocycles. The summed E-state index contributed by atoms with van der Waals surface area (Å²) in [5.74, 6) is -1.33. The van der Waals surface area contributed by atoms with E-state index in [-0.39, 0.29) is 16.9 Å². The lowest BCUT2D eigenvalue weighted by molar-refractivity contribution is -0.150. The van der Waals surface area contributed by atoms with E-state index in [4.69, 9.17) is 9.16 Å². The largest absolute Gasteiger partial charge is 0.465 e. The van der Waals surface area contributed by atoms with Crippen LogP contribution in [0.25, 0.3) is 0 Å². The molecule has 0 bridgehead atoms. The van der Waals surface area contributed by atoms with Gasteiger partial charge in [-0.05, 0) is 50.4 Å². The van der Waals surface area contributed by atoms with Crippen molar-refractivity contribution in [2.75, 3.05) is 6.61 Å². The number of hydrogen-bond donors (Lipinski definition) is 0. The Kier molecular flexibility index (Phi) is 8.55. The Morgan fingerprint density at radius 2 is 1.76 bits per heavy atom. The van der Waals surface area contributed by atoms with Crippen LogP contribution < -0.4 is 0 Å². The monoisotopic (exact) mass is 368 g/mol. The van der Waals surface area contributed by atoms with E-state index in [0.29, 0.717) is 6.61 Å². The second-order valence-corrected chi connectivity index (χ2v) is 13.4. The molecule has 0 fully saturated rings. The maximum atomic E-state index is 12.1. The topological polar surface area (TPSA) is 52.6 Å². The molecule has 0 aromatic heterocycles. The van der Waals surface area contributed by atoms with Crippen molar-refractivity contribution in [3.05, 3.63) is 12.2 Å². The van der Waals surface area contributed by atoms with Crippen LogP contribution in [0.3, 0.4) is 0 Å². The fraction of sp³-hybridized carbons (Fsp3) is 0.800. The molecule has 0 aromatic carbocycles. The van der Waals surface area contributed by atoms with Crippen LogP contribution in [0.5, 0.6) is 0 Å². The Bertz CT molecular complexity index is 477. The first kappa shape index (κ1) is 22.1. The molecule has 0 aliphatic carbocycles. The number of hydrogen-bond acceptors (Lipinski definition) is 4. The Hall–Kier alpha value is -0.943. The molecular weight excluding hydrogens is 332 g/mol. The van der Waals surface area contributed by atoms with E-state index in [1.54, 1.807) is 6.92 Å². The van der Waals surface area contributed by atoms with Crippen LogP contribution in [-0.4, -0.2) is 32.8 Å². The van der Waals surface area contributed by atoms with E-state index in [0.717, 1.165) is 38.5 Å². The van der Waals surface area contributed by atoms with E-state index in [1.807, 2.05) is 6.08 Å². The number of cyclic esters (lactones) is 1. The molecule has 0 amide bonds. The second-order valence-electron chi connectivity index (χ2n) is 8.63. The van der Waals surface area contributed by atoms with Crippen LogP contribution >= 0.6 is 0 Å². The minimum absolute atomic E-state index is 0.148. The molecule has 4 nitrogen and oxygen atoms in total. The van der Waals surface area contributed by atoms with E-state index < -0.39 is 20.2 Å². The third-order valence-corrected chi connectivity index (χ3v) is 9.93. The fourth-order valence-corrected chi connectivity index (χ4v) is 3.94. The fourth-order valence-electron chi connectivity index (χ4n) is 2.54. The number of allylic oxidation sites excluding steroid dienone is 1. The van der Waals surface area contributed by atoms with Crippen molar-refractivity contribution in [1.82, 2.24) is 0 Å². The van der Waals surface area contributed by atoms with Crippen LogP contribution in [0.2, 0.25) is 18.1 Å². The molecule has 25 heavy (non-hydrogen) atoms. The SMILES string of the molecule is CC1C(=O)/C=C/CC(O[Si](C)(C)C(C)(C)C)CCCCCCOC1=O. The molecule has 0 spiro atoms. The first-order valence-corrected chi connectivity index (χ1v) is 12.5. The van der Waals surface area contributed by atoms with Crippen molar-refractivity contribution < 1.29 is 18.8 Å². The first-order valence-electron chi connectivity index (χ1n) is 9.59. The van der Waals surface area contributed by atoms with Gasteiger partial charge in [-0.15, -0.1) is 0 Å². The summed E-state index contributed by atoms with van der Waals surface area (Å²) in [5, 5.41) is 0.171. The summed E-state index contributed by atoms with van der Waals surface area (Å²) < 4.78 is 11.8. The van der Waals surface area contributed by atoms with Crippen LogP contribution in [0, 0.1) is 5.92 Å². The van der Waals surface area contributed by atoms with Gasteiger partial charge in [0, 0.05) is 6.10 Å². The molecule has 144 valence electrons. The lowest BCUT2D eigenvalue weighted by atomic mass is 10.0. The smallest absolute Gasteiger partial charge is 0.316 e. The number of carbonyl (C=O) groups excluding carboxylic acids is 2. The van der Waals surface area contributed by atoms with Gasteiger partial charge in [-0.2, -0.15) is 0 Å². The third-order valence-electron chi connectivity index (χ3n) is 5.39. The Morgan fingerprint density at radius 1 is 1.12 bits per heavy atom. The van der Waals surface area contributed by atoms with Crippen LogP contribution in [0.1, 0.15) is 66.2 Å². The molecule has 5 heteroatoms. The normalized spacial score (nSPS) is 26.6. The van der Waals surface area contributed by atoms with Crippen molar-refractivity contribution in [2.24, 2.45) is 5.92 Å². The molecule has 1 rings (SSSR count). The molecule has 0 aromatic rings. The van der Waals surface area contributed by atoms with Gasteiger partial charge >= 0.3 is 5.97 Å². The number of ketones is 1. The van der Waals surface area contributed by atoms with Gasteiger partial charge < -0.3 is 9.16 Å². The maximum absolute atomic E-state index is 12.1. The standard InChI is InChI=1S/C20H36O4Si/c1-16-18(21)14-11-13-17(24-25(5,6)20(2,3)4)12-9-7-8-10-15-23-19(16)22/h11,14,16-17H,7-10,12-13,15H2,1-6H3/b14-11+. The van der Waals surface area contributed by atoms with Crippen molar-refractivity contribution in [3.8, 4) is 0 Å². The Morgan fingerprint density at radius 3 is 2.40 bits per heavy atom. The molecule has 2 unspecified atom stereocenters. The van der Waals surface area contributed by atoms with Gasteiger partial charge in [0.1, 0.15) is 5.92 Å². The van der Waals surface area contributed by atoms with E-state index in [9.17, 15) is 9.59 Å². The molecule has 0 N–H and O–H groups in total. The first-order chi connectivity index (χ1) is 11.5. The number of esters is 1. The van der Waals surface area contributed by atoms with E-state index in [1.165, 1.54) is 6.08 Å². The van der Waals surface area contributed by atoms with Gasteiger partial charge in [-0.3, -0.25) is 9.59 Å². The highest BCUT2D eigenvalue weighted by molar-refractivity contribution is 6.74. The lowest BCUT2D eigenvalue weighted by Crippen LogP contribution is -2.43. The van der Waals surface area contributed by atoms with Gasteiger partial charge in [0.05, 0.1) is 6.61 Å². The summed E-state index contributed by atoms with van der Waals surface area (Å²) in [7, 11) is -1.84. The van der Waals surface area contributed by atoms with E-state index in [2.05, 4.69) is 33.9 Å². The predicted molar refractivity (Wildman–Crippen MR) is 104 cm³/mol. The maximum Gasteiger partial charge on any atom is 0.316 e. The predicted octanol–water partition coefficient (Wildman–Crippen LogP) is 5.04. The van der Waals surface area contributed by atoms with Crippen molar-refractivity contribution in [2.45, 2.75) is 90.5 Å². The summed E-state index contributed by atoms with van der Waals surface area (Å²) in [6, 6.07) is 0. The minimum atomic E-state index is -1.84. The van der Waals surface area contributed by atoms with Gasteiger partial charge in [-0.25, -0.2) is 0 Å². The highest BCUT2D eigenvalue weighted by atomic mass is 28.4. The van der Waals surface area contributed by atoms with Crippen LogP contribution in [0.4, 0.5) is 0 Å². The quantitative estimate of drug-likeness (QED) is 0.389. The van der Waals surface area contributed by atoms with Crippen molar-refractivity contribution in [3.63, 3.8) is 0 Å². The zero-order chi connectivity index (χ0) is 19.1. The van der Waals surface area contributed by atoms with Gasteiger partial charge in [-0.1, -0.05) is 46.1 Å². The summed E-state index contributed by atoms with van der Waals surface area (Å²) in [4.78, 5) is 24.0. The molecule has 2 atom stereocenters. The Labute approximate surface area is 154 Å².